The second kappa shape index (κ2) is 5.26. The van der Waals surface area contributed by atoms with Gasteiger partial charge in [-0.3, -0.25) is 4.79 Å². The monoisotopic (exact) mass is 274 g/mol. The van der Waals surface area contributed by atoms with Crippen molar-refractivity contribution in [3.63, 3.8) is 0 Å². The molecule has 0 bridgehead atoms. The number of esters is 1. The molecule has 0 heterocycles. The molecule has 1 aromatic rings. The molecule has 0 N–H and O–H groups in total. The Morgan fingerprint density at radius 3 is 2.73 bits per heavy atom. The molecule has 0 amide bonds. The number of halogens is 2. The topological polar surface area (TPSA) is 26.3 Å². The van der Waals surface area contributed by atoms with Gasteiger partial charge in [0.25, 0.3) is 0 Å². The van der Waals surface area contributed by atoms with Gasteiger partial charge in [0.05, 0.1) is 0 Å². The lowest BCUT2D eigenvalue weighted by Crippen LogP contribution is -2.11. The van der Waals surface area contributed by atoms with E-state index in [1.165, 1.54) is 12.1 Å². The molecule has 0 fully saturated rings. The third-order valence-corrected chi connectivity index (χ3v) is 2.19. The maximum atomic E-state index is 13.2. The molecule has 0 saturated heterocycles. The molecule has 1 aromatic carbocycles. The normalized spacial score (nSPS) is 10.5. The first-order valence-corrected chi connectivity index (χ1v) is 5.44. The summed E-state index contributed by atoms with van der Waals surface area (Å²) in [5.41, 5.74) is 0. The molecule has 0 spiro atoms. The highest BCUT2D eigenvalue weighted by atomic mass is 79.9. The van der Waals surface area contributed by atoms with Crippen LogP contribution in [0, 0.1) is 11.7 Å². The van der Waals surface area contributed by atoms with Crippen LogP contribution in [0.3, 0.4) is 0 Å². The van der Waals surface area contributed by atoms with Crippen molar-refractivity contribution in [3.8, 4) is 5.75 Å². The van der Waals surface area contributed by atoms with E-state index < -0.39 is 11.8 Å². The van der Waals surface area contributed by atoms with Crippen molar-refractivity contribution in [2.24, 2.45) is 5.92 Å². The van der Waals surface area contributed by atoms with Crippen molar-refractivity contribution in [1.29, 1.82) is 0 Å². The van der Waals surface area contributed by atoms with Crippen molar-refractivity contribution in [1.82, 2.24) is 0 Å². The lowest BCUT2D eigenvalue weighted by atomic mass is 10.1. The van der Waals surface area contributed by atoms with Crippen LogP contribution in [0.4, 0.5) is 4.39 Å². The van der Waals surface area contributed by atoms with Gasteiger partial charge in [-0.15, -0.1) is 0 Å². The quantitative estimate of drug-likeness (QED) is 0.623. The van der Waals surface area contributed by atoms with Gasteiger partial charge in [-0.05, 0) is 24.1 Å². The summed E-state index contributed by atoms with van der Waals surface area (Å²) >= 11 is 3.12. The van der Waals surface area contributed by atoms with Gasteiger partial charge in [0.15, 0.2) is 11.6 Å². The number of ether oxygens (including phenoxy) is 1. The van der Waals surface area contributed by atoms with Crippen molar-refractivity contribution in [2.45, 2.75) is 20.3 Å². The Hall–Kier alpha value is -0.900. The first-order chi connectivity index (χ1) is 6.99. The summed E-state index contributed by atoms with van der Waals surface area (Å²) in [7, 11) is 0. The highest BCUT2D eigenvalue weighted by Crippen LogP contribution is 2.22. The van der Waals surface area contributed by atoms with Crippen LogP contribution in [0.15, 0.2) is 22.7 Å². The minimum atomic E-state index is -0.540. The van der Waals surface area contributed by atoms with E-state index >= 15 is 0 Å². The lowest BCUT2D eigenvalue weighted by Gasteiger charge is -2.06. The number of benzene rings is 1. The van der Waals surface area contributed by atoms with Gasteiger partial charge in [-0.1, -0.05) is 29.8 Å². The predicted octanol–water partition coefficient (Wildman–Crippen LogP) is 3.54. The fourth-order valence-corrected chi connectivity index (χ4v) is 1.39. The van der Waals surface area contributed by atoms with Crippen LogP contribution >= 0.6 is 15.9 Å². The SMILES string of the molecule is CC(C)CC(=O)Oc1ccc(Br)cc1F. The maximum absolute atomic E-state index is 13.2. The van der Waals surface area contributed by atoms with Gasteiger partial charge in [-0.25, -0.2) is 4.39 Å². The number of carbonyl (C=O) groups is 1. The summed E-state index contributed by atoms with van der Waals surface area (Å²) in [6, 6.07) is 4.32. The van der Waals surface area contributed by atoms with E-state index in [9.17, 15) is 9.18 Å². The second-order valence-electron chi connectivity index (χ2n) is 3.65. The molecule has 2 nitrogen and oxygen atoms in total. The summed E-state index contributed by atoms with van der Waals surface area (Å²) < 4.78 is 18.7. The molecule has 82 valence electrons. The van der Waals surface area contributed by atoms with E-state index in [4.69, 9.17) is 4.74 Å². The summed E-state index contributed by atoms with van der Waals surface area (Å²) in [5, 5.41) is 0. The smallest absolute Gasteiger partial charge is 0.311 e. The zero-order valence-electron chi connectivity index (χ0n) is 8.59. The van der Waals surface area contributed by atoms with Crippen LogP contribution in [0.1, 0.15) is 20.3 Å². The Bertz CT molecular complexity index is 364. The zero-order chi connectivity index (χ0) is 11.4. The van der Waals surface area contributed by atoms with Crippen LogP contribution in [-0.4, -0.2) is 5.97 Å². The first kappa shape index (κ1) is 12.2. The second-order valence-corrected chi connectivity index (χ2v) is 4.56. The lowest BCUT2D eigenvalue weighted by molar-refractivity contribution is -0.135. The van der Waals surface area contributed by atoms with E-state index in [2.05, 4.69) is 15.9 Å². The van der Waals surface area contributed by atoms with Gasteiger partial charge < -0.3 is 4.74 Å². The average Bonchev–Trinajstić information content (AvgIpc) is 2.08. The molecular weight excluding hydrogens is 263 g/mol. The summed E-state index contributed by atoms with van der Waals surface area (Å²) in [4.78, 5) is 11.3. The molecule has 0 aliphatic heterocycles. The molecule has 4 heteroatoms. The summed E-state index contributed by atoms with van der Waals surface area (Å²) in [6.07, 6.45) is 0.287. The Balaban J connectivity index is 2.68. The summed E-state index contributed by atoms with van der Waals surface area (Å²) in [5.74, 6) is -0.771. The molecule has 0 aliphatic carbocycles. The molecule has 0 saturated carbocycles. The van der Waals surface area contributed by atoms with E-state index in [-0.39, 0.29) is 18.1 Å². The summed E-state index contributed by atoms with van der Waals surface area (Å²) in [6.45, 7) is 3.80. The van der Waals surface area contributed by atoms with Gasteiger partial charge >= 0.3 is 5.97 Å². The molecule has 1 rings (SSSR count). The van der Waals surface area contributed by atoms with Gasteiger partial charge in [0.1, 0.15) is 0 Å². The zero-order valence-corrected chi connectivity index (χ0v) is 10.2. The molecule has 0 radical (unpaired) electrons. The molecule has 0 unspecified atom stereocenters. The van der Waals surface area contributed by atoms with Crippen LogP contribution in [0.5, 0.6) is 5.75 Å². The van der Waals surface area contributed by atoms with Crippen molar-refractivity contribution >= 4 is 21.9 Å². The number of hydrogen-bond donors (Lipinski definition) is 0. The van der Waals surface area contributed by atoms with Gasteiger partial charge in [-0.2, -0.15) is 0 Å². The number of rotatable bonds is 3. The van der Waals surface area contributed by atoms with E-state index in [1.807, 2.05) is 13.8 Å². The molecule has 0 aromatic heterocycles. The average molecular weight is 275 g/mol. The number of hydrogen-bond acceptors (Lipinski definition) is 2. The highest BCUT2D eigenvalue weighted by molar-refractivity contribution is 9.10. The molecule has 0 aliphatic rings. The largest absolute Gasteiger partial charge is 0.423 e. The van der Waals surface area contributed by atoms with E-state index in [0.717, 1.165) is 0 Å². The van der Waals surface area contributed by atoms with Crippen molar-refractivity contribution in [3.05, 3.63) is 28.5 Å². The van der Waals surface area contributed by atoms with Crippen molar-refractivity contribution in [2.75, 3.05) is 0 Å². The molecular formula is C11H12BrFO2. The minimum absolute atomic E-state index is 0.0242. The highest BCUT2D eigenvalue weighted by Gasteiger charge is 2.11. The van der Waals surface area contributed by atoms with Gasteiger partial charge in [0.2, 0.25) is 0 Å². The van der Waals surface area contributed by atoms with Crippen LogP contribution in [-0.2, 0) is 4.79 Å². The molecule has 0 atom stereocenters. The van der Waals surface area contributed by atoms with Crippen LogP contribution < -0.4 is 4.74 Å². The third kappa shape index (κ3) is 4.00. The third-order valence-electron chi connectivity index (χ3n) is 1.69. The fourth-order valence-electron chi connectivity index (χ4n) is 1.06. The van der Waals surface area contributed by atoms with Crippen LogP contribution in [0.25, 0.3) is 0 Å². The van der Waals surface area contributed by atoms with Crippen LogP contribution in [0.2, 0.25) is 0 Å². The minimum Gasteiger partial charge on any atom is -0.423 e. The Morgan fingerprint density at radius 1 is 1.53 bits per heavy atom. The van der Waals surface area contributed by atoms with E-state index in [0.29, 0.717) is 4.47 Å². The fraction of sp³-hybridized carbons (Fsp3) is 0.364. The predicted molar refractivity (Wildman–Crippen MR) is 59.2 cm³/mol. The van der Waals surface area contributed by atoms with E-state index in [1.54, 1.807) is 6.07 Å². The maximum Gasteiger partial charge on any atom is 0.311 e. The Kier molecular flexibility index (Phi) is 4.27. The van der Waals surface area contributed by atoms with Gasteiger partial charge in [0, 0.05) is 10.9 Å². The number of carbonyl (C=O) groups excluding carboxylic acids is 1. The first-order valence-electron chi connectivity index (χ1n) is 4.64. The Labute approximate surface area is 96.6 Å². The Morgan fingerprint density at radius 2 is 2.20 bits per heavy atom. The molecule has 15 heavy (non-hydrogen) atoms. The standard InChI is InChI=1S/C11H12BrFO2/c1-7(2)5-11(14)15-10-4-3-8(12)6-9(10)13/h3-4,6-7H,5H2,1-2H3. The van der Waals surface area contributed by atoms with Crippen molar-refractivity contribution < 1.29 is 13.9 Å².